The summed E-state index contributed by atoms with van der Waals surface area (Å²) in [7, 11) is 3.20. The monoisotopic (exact) mass is 451 g/mol. The number of β-lactam (4-membered cyclic amide) rings is 1. The minimum absolute atomic E-state index is 0.0900. The summed E-state index contributed by atoms with van der Waals surface area (Å²) in [5, 5.41) is 0.628. The zero-order valence-corrected chi connectivity index (χ0v) is 19.6. The summed E-state index contributed by atoms with van der Waals surface area (Å²) >= 11 is 6.10. The fraction of sp³-hybridized carbons (Fsp3) is 0.269. The number of carbonyl (C=O) groups is 1. The molecule has 6 heteroatoms. The van der Waals surface area contributed by atoms with Crippen molar-refractivity contribution in [2.45, 2.75) is 32.9 Å². The molecule has 1 fully saturated rings. The zero-order valence-electron chi connectivity index (χ0n) is 18.8. The maximum absolute atomic E-state index is 13.4. The molecule has 0 bridgehead atoms. The number of nitrogens with zero attached hydrogens (tertiary/aromatic N) is 1. The van der Waals surface area contributed by atoms with Gasteiger partial charge in [0, 0.05) is 10.7 Å². The number of rotatable bonds is 6. The van der Waals surface area contributed by atoms with E-state index in [1.807, 2.05) is 63.2 Å². The summed E-state index contributed by atoms with van der Waals surface area (Å²) in [6, 6.07) is 16.9. The molecule has 0 aliphatic carbocycles. The molecule has 1 amide bonds. The summed E-state index contributed by atoms with van der Waals surface area (Å²) in [5.74, 6) is 1.78. The Morgan fingerprint density at radius 3 is 2.22 bits per heavy atom. The lowest BCUT2D eigenvalue weighted by atomic mass is 9.88. The molecular formula is C26H26ClNO4. The summed E-state index contributed by atoms with van der Waals surface area (Å²) in [6.07, 6.45) is -0.673. The average molecular weight is 452 g/mol. The van der Waals surface area contributed by atoms with E-state index in [2.05, 4.69) is 0 Å². The quantitative estimate of drug-likeness (QED) is 0.443. The van der Waals surface area contributed by atoms with Crippen LogP contribution in [-0.2, 0) is 4.79 Å². The molecule has 4 rings (SSSR count). The number of anilines is 1. The third-order valence-corrected chi connectivity index (χ3v) is 6.05. The topological polar surface area (TPSA) is 48.0 Å². The number of hydrogen-bond donors (Lipinski definition) is 0. The fourth-order valence-corrected chi connectivity index (χ4v) is 4.29. The van der Waals surface area contributed by atoms with Crippen molar-refractivity contribution in [1.29, 1.82) is 0 Å². The Bertz CT molecular complexity index is 1180. The lowest BCUT2D eigenvalue weighted by Gasteiger charge is -2.47. The molecule has 0 spiro atoms. The third-order valence-electron chi connectivity index (χ3n) is 5.81. The fourth-order valence-electron chi connectivity index (χ4n) is 4.07. The van der Waals surface area contributed by atoms with Gasteiger partial charge in [-0.25, -0.2) is 0 Å². The van der Waals surface area contributed by atoms with E-state index >= 15 is 0 Å². The standard InChI is InChI=1S/C26H26ClNO4/c1-15-6-7-16(2)20(12-15)28-24(18-8-10-22(30-4)23(14-18)31-5)25(26(28)29)32-21-11-9-19(27)13-17(21)3/h6-14,24-25H,1-5H3/t24-,25-/m1/s1. The van der Waals surface area contributed by atoms with Crippen LogP contribution >= 0.6 is 11.6 Å². The second-order valence-electron chi connectivity index (χ2n) is 8.01. The number of halogens is 1. The molecule has 3 aromatic rings. The molecule has 32 heavy (non-hydrogen) atoms. The molecular weight excluding hydrogens is 426 g/mol. The lowest BCUT2D eigenvalue weighted by molar-refractivity contribution is -0.135. The summed E-state index contributed by atoms with van der Waals surface area (Å²) < 4.78 is 17.1. The Morgan fingerprint density at radius 1 is 0.812 bits per heavy atom. The first kappa shape index (κ1) is 22.0. The zero-order chi connectivity index (χ0) is 23.0. The number of carbonyl (C=O) groups excluding carboxylic acids is 1. The predicted molar refractivity (Wildman–Crippen MR) is 126 cm³/mol. The largest absolute Gasteiger partial charge is 0.493 e. The first-order valence-corrected chi connectivity index (χ1v) is 10.8. The average Bonchev–Trinajstić information content (AvgIpc) is 2.78. The molecule has 0 N–H and O–H groups in total. The van der Waals surface area contributed by atoms with E-state index < -0.39 is 6.10 Å². The van der Waals surface area contributed by atoms with Gasteiger partial charge in [0.2, 0.25) is 6.10 Å². The van der Waals surface area contributed by atoms with Gasteiger partial charge in [-0.1, -0.05) is 29.8 Å². The number of hydrogen-bond acceptors (Lipinski definition) is 4. The third kappa shape index (κ3) is 3.89. The summed E-state index contributed by atoms with van der Waals surface area (Å²) in [5.41, 5.74) is 4.77. The van der Waals surface area contributed by atoms with Crippen LogP contribution in [0.1, 0.15) is 28.3 Å². The molecule has 1 heterocycles. The van der Waals surface area contributed by atoms with Crippen molar-refractivity contribution in [3.8, 4) is 17.2 Å². The van der Waals surface area contributed by atoms with Crippen LogP contribution < -0.4 is 19.1 Å². The molecule has 2 atom stereocenters. The highest BCUT2D eigenvalue weighted by Gasteiger charge is 2.51. The molecule has 0 unspecified atom stereocenters. The number of benzene rings is 3. The Labute approximate surface area is 193 Å². The van der Waals surface area contributed by atoms with E-state index in [9.17, 15) is 4.79 Å². The molecule has 5 nitrogen and oxygen atoms in total. The van der Waals surface area contributed by atoms with Crippen LogP contribution in [0, 0.1) is 20.8 Å². The van der Waals surface area contributed by atoms with Crippen molar-refractivity contribution in [2.24, 2.45) is 0 Å². The Morgan fingerprint density at radius 2 is 1.53 bits per heavy atom. The smallest absolute Gasteiger partial charge is 0.271 e. The van der Waals surface area contributed by atoms with E-state index in [0.29, 0.717) is 22.3 Å². The van der Waals surface area contributed by atoms with Gasteiger partial charge in [-0.05, 0) is 79.4 Å². The summed E-state index contributed by atoms with van der Waals surface area (Å²) in [4.78, 5) is 15.2. The van der Waals surface area contributed by atoms with Gasteiger partial charge in [0.15, 0.2) is 11.5 Å². The molecule has 1 saturated heterocycles. The van der Waals surface area contributed by atoms with Crippen LogP contribution in [0.4, 0.5) is 5.69 Å². The minimum atomic E-state index is -0.673. The number of amides is 1. The maximum atomic E-state index is 13.4. The summed E-state index contributed by atoms with van der Waals surface area (Å²) in [6.45, 7) is 5.94. The van der Waals surface area contributed by atoms with E-state index in [4.69, 9.17) is 25.8 Å². The van der Waals surface area contributed by atoms with E-state index in [0.717, 1.165) is 27.9 Å². The molecule has 0 saturated carbocycles. The Kier molecular flexibility index (Phi) is 6.02. The van der Waals surface area contributed by atoms with Gasteiger partial charge in [0.1, 0.15) is 11.8 Å². The second-order valence-corrected chi connectivity index (χ2v) is 8.44. The minimum Gasteiger partial charge on any atom is -0.493 e. The SMILES string of the molecule is COc1ccc([C@@H]2[C@@H](Oc3ccc(Cl)cc3C)C(=O)N2c2cc(C)ccc2C)cc1OC. The van der Waals surface area contributed by atoms with Crippen molar-refractivity contribution < 1.29 is 19.0 Å². The van der Waals surface area contributed by atoms with Crippen LogP contribution in [0.2, 0.25) is 5.02 Å². The van der Waals surface area contributed by atoms with Crippen molar-refractivity contribution >= 4 is 23.2 Å². The molecule has 1 aliphatic rings. The van der Waals surface area contributed by atoms with Gasteiger partial charge >= 0.3 is 0 Å². The van der Waals surface area contributed by atoms with Gasteiger partial charge in [-0.3, -0.25) is 9.69 Å². The molecule has 3 aromatic carbocycles. The second kappa shape index (κ2) is 8.75. The van der Waals surface area contributed by atoms with Gasteiger partial charge < -0.3 is 14.2 Å². The van der Waals surface area contributed by atoms with Gasteiger partial charge in [0.05, 0.1) is 14.2 Å². The van der Waals surface area contributed by atoms with Gasteiger partial charge in [0.25, 0.3) is 5.91 Å². The van der Waals surface area contributed by atoms with Gasteiger partial charge in [-0.2, -0.15) is 0 Å². The van der Waals surface area contributed by atoms with E-state index in [1.165, 1.54) is 0 Å². The van der Waals surface area contributed by atoms with Crippen LogP contribution in [0.3, 0.4) is 0 Å². The van der Waals surface area contributed by atoms with Crippen LogP contribution in [0.15, 0.2) is 54.6 Å². The predicted octanol–water partition coefficient (Wildman–Crippen LogP) is 5.82. The van der Waals surface area contributed by atoms with Crippen molar-refractivity contribution in [3.63, 3.8) is 0 Å². The normalized spacial score (nSPS) is 17.7. The van der Waals surface area contributed by atoms with Gasteiger partial charge in [-0.15, -0.1) is 0 Å². The van der Waals surface area contributed by atoms with E-state index in [1.54, 1.807) is 31.3 Å². The highest BCUT2D eigenvalue weighted by Crippen LogP contribution is 2.45. The highest BCUT2D eigenvalue weighted by atomic mass is 35.5. The van der Waals surface area contributed by atoms with E-state index in [-0.39, 0.29) is 11.9 Å². The maximum Gasteiger partial charge on any atom is 0.271 e. The lowest BCUT2D eigenvalue weighted by Crippen LogP contribution is -2.62. The molecule has 1 aliphatic heterocycles. The highest BCUT2D eigenvalue weighted by molar-refractivity contribution is 6.30. The molecule has 166 valence electrons. The first-order chi connectivity index (χ1) is 15.3. The number of ether oxygens (including phenoxy) is 3. The number of methoxy groups -OCH3 is 2. The van der Waals surface area contributed by atoms with Crippen LogP contribution in [-0.4, -0.2) is 26.2 Å². The van der Waals surface area contributed by atoms with Crippen molar-refractivity contribution in [2.75, 3.05) is 19.1 Å². The Hall–Kier alpha value is -3.18. The van der Waals surface area contributed by atoms with Crippen LogP contribution in [0.5, 0.6) is 17.2 Å². The molecule has 0 radical (unpaired) electrons. The van der Waals surface area contributed by atoms with Crippen LogP contribution in [0.25, 0.3) is 0 Å². The Balaban J connectivity index is 1.78. The molecule has 0 aromatic heterocycles. The van der Waals surface area contributed by atoms with Crippen molar-refractivity contribution in [3.05, 3.63) is 81.9 Å². The van der Waals surface area contributed by atoms with Crippen molar-refractivity contribution in [1.82, 2.24) is 0 Å². The number of aryl methyl sites for hydroxylation is 3. The first-order valence-electron chi connectivity index (χ1n) is 10.4.